The van der Waals surface area contributed by atoms with E-state index in [-0.39, 0.29) is 11.9 Å². The van der Waals surface area contributed by atoms with Crippen LogP contribution in [-0.4, -0.2) is 35.4 Å². The van der Waals surface area contributed by atoms with Gasteiger partial charge in [-0.25, -0.2) is 4.79 Å². The van der Waals surface area contributed by atoms with Crippen molar-refractivity contribution in [2.45, 2.75) is 58.8 Å². The molecular formula is C19H26O5. The van der Waals surface area contributed by atoms with Crippen LogP contribution in [0.4, 0.5) is 0 Å². The van der Waals surface area contributed by atoms with Gasteiger partial charge in [0, 0.05) is 12.0 Å². The maximum absolute atomic E-state index is 12.1. The number of esters is 2. The molecule has 24 heavy (non-hydrogen) atoms. The minimum absolute atomic E-state index is 0.266. The molecule has 1 N–H and O–H groups in total. The summed E-state index contributed by atoms with van der Waals surface area (Å²) < 4.78 is 11.1. The molecular weight excluding hydrogens is 308 g/mol. The Bertz CT molecular complexity index is 599. The Balaban J connectivity index is 2.41. The van der Waals surface area contributed by atoms with Gasteiger partial charge in [0.15, 0.2) is 0 Å². The van der Waals surface area contributed by atoms with Crippen LogP contribution in [0, 0.1) is 11.8 Å². The Morgan fingerprint density at radius 3 is 2.54 bits per heavy atom. The monoisotopic (exact) mass is 334 g/mol. The zero-order chi connectivity index (χ0) is 18.0. The van der Waals surface area contributed by atoms with Crippen molar-refractivity contribution in [1.29, 1.82) is 0 Å². The molecule has 132 valence electrons. The van der Waals surface area contributed by atoms with Crippen molar-refractivity contribution in [2.24, 2.45) is 11.8 Å². The number of carbonyl (C=O) groups is 2. The standard InChI is InChI=1S/C19H26O5/c1-10(2)18(21)23-15-8-11(3)6-14(20)7-12(4)9-16-17(15)13(5)19(22)24-16/h6,9-10,14-17,20H,5,7-8H2,1-4H3. The third-order valence-corrected chi connectivity index (χ3v) is 4.38. The summed E-state index contributed by atoms with van der Waals surface area (Å²) in [6, 6.07) is 0. The van der Waals surface area contributed by atoms with Crippen LogP contribution in [0.5, 0.6) is 0 Å². The number of rotatable bonds is 2. The fourth-order valence-electron chi connectivity index (χ4n) is 3.16. The van der Waals surface area contributed by atoms with E-state index in [0.717, 1.165) is 11.1 Å². The van der Waals surface area contributed by atoms with Gasteiger partial charge in [0.1, 0.15) is 12.2 Å². The topological polar surface area (TPSA) is 72.8 Å². The van der Waals surface area contributed by atoms with Gasteiger partial charge in [-0.1, -0.05) is 37.6 Å². The second-order valence-electron chi connectivity index (χ2n) is 7.05. The Labute approximate surface area is 143 Å². The molecule has 0 saturated carbocycles. The summed E-state index contributed by atoms with van der Waals surface area (Å²) in [5.41, 5.74) is 2.16. The molecule has 4 atom stereocenters. The Morgan fingerprint density at radius 2 is 1.92 bits per heavy atom. The Morgan fingerprint density at radius 1 is 1.29 bits per heavy atom. The molecule has 1 saturated heterocycles. The van der Waals surface area contributed by atoms with Crippen molar-refractivity contribution >= 4 is 11.9 Å². The number of fused-ring (bicyclic) bond motifs is 1. The largest absolute Gasteiger partial charge is 0.461 e. The summed E-state index contributed by atoms with van der Waals surface area (Å²) in [5, 5.41) is 10.1. The molecule has 1 heterocycles. The van der Waals surface area contributed by atoms with Crippen LogP contribution in [0.2, 0.25) is 0 Å². The molecule has 5 heteroatoms. The molecule has 1 aliphatic heterocycles. The maximum atomic E-state index is 12.1. The first-order valence-electron chi connectivity index (χ1n) is 8.32. The summed E-state index contributed by atoms with van der Waals surface area (Å²) in [4.78, 5) is 24.1. The number of aliphatic hydroxyl groups is 1. The lowest BCUT2D eigenvalue weighted by Gasteiger charge is -2.28. The zero-order valence-corrected chi connectivity index (χ0v) is 14.7. The lowest BCUT2D eigenvalue weighted by Crippen LogP contribution is -2.34. The van der Waals surface area contributed by atoms with Gasteiger partial charge in [-0.3, -0.25) is 4.79 Å². The van der Waals surface area contributed by atoms with Gasteiger partial charge in [-0.2, -0.15) is 0 Å². The highest BCUT2D eigenvalue weighted by molar-refractivity contribution is 5.91. The minimum atomic E-state index is -0.612. The van der Waals surface area contributed by atoms with Crippen LogP contribution in [0.15, 0.2) is 35.5 Å². The number of carbonyl (C=O) groups excluding carboxylic acids is 2. The first kappa shape index (κ1) is 18.5. The molecule has 0 bridgehead atoms. The van der Waals surface area contributed by atoms with E-state index in [2.05, 4.69) is 6.58 Å². The van der Waals surface area contributed by atoms with Crippen molar-refractivity contribution in [3.8, 4) is 0 Å². The van der Waals surface area contributed by atoms with Crippen molar-refractivity contribution in [1.82, 2.24) is 0 Å². The lowest BCUT2D eigenvalue weighted by atomic mass is 9.85. The zero-order valence-electron chi connectivity index (χ0n) is 14.7. The number of hydrogen-bond acceptors (Lipinski definition) is 5. The molecule has 5 nitrogen and oxygen atoms in total. The summed E-state index contributed by atoms with van der Waals surface area (Å²) in [5.74, 6) is -1.45. The smallest absolute Gasteiger partial charge is 0.334 e. The van der Waals surface area contributed by atoms with Crippen molar-refractivity contribution in [3.63, 3.8) is 0 Å². The highest BCUT2D eigenvalue weighted by Crippen LogP contribution is 2.36. The van der Waals surface area contributed by atoms with Gasteiger partial charge in [-0.15, -0.1) is 0 Å². The van der Waals surface area contributed by atoms with Gasteiger partial charge in [-0.05, 0) is 26.3 Å². The second kappa shape index (κ2) is 7.34. The molecule has 0 spiro atoms. The number of ether oxygens (including phenoxy) is 2. The molecule has 0 aromatic carbocycles. The molecule has 2 rings (SSSR count). The van der Waals surface area contributed by atoms with Gasteiger partial charge in [0.05, 0.1) is 17.9 Å². The SMILES string of the molecule is C=C1C(=O)OC2C=C(C)CC(O)C=C(C)CC(OC(=O)C(C)C)C12. The molecule has 4 unspecified atom stereocenters. The van der Waals surface area contributed by atoms with E-state index in [1.807, 2.05) is 19.9 Å². The van der Waals surface area contributed by atoms with E-state index < -0.39 is 30.2 Å². The summed E-state index contributed by atoms with van der Waals surface area (Å²) in [7, 11) is 0. The highest BCUT2D eigenvalue weighted by atomic mass is 16.6. The predicted octanol–water partition coefficient (Wildman–Crippen LogP) is 2.70. The van der Waals surface area contributed by atoms with E-state index in [0.29, 0.717) is 18.4 Å². The molecule has 1 fully saturated rings. The number of aliphatic hydroxyl groups excluding tert-OH is 1. The maximum Gasteiger partial charge on any atom is 0.334 e. The van der Waals surface area contributed by atoms with Crippen LogP contribution in [-0.2, 0) is 19.1 Å². The number of hydrogen-bond donors (Lipinski definition) is 1. The molecule has 2 aliphatic rings. The average Bonchev–Trinajstić information content (AvgIpc) is 2.71. The normalized spacial score (nSPS) is 31.1. The summed E-state index contributed by atoms with van der Waals surface area (Å²) in [6.45, 7) is 11.1. The average molecular weight is 334 g/mol. The fraction of sp³-hybridized carbons (Fsp3) is 0.579. The van der Waals surface area contributed by atoms with Crippen molar-refractivity contribution in [2.75, 3.05) is 0 Å². The van der Waals surface area contributed by atoms with Crippen molar-refractivity contribution < 1.29 is 24.2 Å². The van der Waals surface area contributed by atoms with E-state index in [9.17, 15) is 14.7 Å². The molecule has 0 radical (unpaired) electrons. The highest BCUT2D eigenvalue weighted by Gasteiger charge is 2.44. The Kier molecular flexibility index (Phi) is 5.65. The van der Waals surface area contributed by atoms with Gasteiger partial charge >= 0.3 is 11.9 Å². The van der Waals surface area contributed by atoms with Crippen LogP contribution >= 0.6 is 0 Å². The molecule has 0 aromatic heterocycles. The third kappa shape index (κ3) is 4.15. The van der Waals surface area contributed by atoms with Gasteiger partial charge in [0.2, 0.25) is 0 Å². The van der Waals surface area contributed by atoms with Crippen LogP contribution in [0.1, 0.15) is 40.5 Å². The summed E-state index contributed by atoms with van der Waals surface area (Å²) >= 11 is 0. The lowest BCUT2D eigenvalue weighted by molar-refractivity contribution is -0.155. The van der Waals surface area contributed by atoms with Gasteiger partial charge in [0.25, 0.3) is 0 Å². The first-order chi connectivity index (χ1) is 11.2. The first-order valence-corrected chi connectivity index (χ1v) is 8.32. The van der Waals surface area contributed by atoms with Crippen molar-refractivity contribution in [3.05, 3.63) is 35.5 Å². The molecule has 0 aromatic rings. The minimum Gasteiger partial charge on any atom is -0.461 e. The third-order valence-electron chi connectivity index (χ3n) is 4.38. The molecule has 0 amide bonds. The van der Waals surface area contributed by atoms with E-state index >= 15 is 0 Å². The van der Waals surface area contributed by atoms with E-state index in [4.69, 9.17) is 9.47 Å². The fourth-order valence-corrected chi connectivity index (χ4v) is 3.16. The van der Waals surface area contributed by atoms with E-state index in [1.165, 1.54) is 0 Å². The molecule has 1 aliphatic carbocycles. The van der Waals surface area contributed by atoms with Gasteiger partial charge < -0.3 is 14.6 Å². The quantitative estimate of drug-likeness (QED) is 0.477. The van der Waals surface area contributed by atoms with Crippen LogP contribution < -0.4 is 0 Å². The van der Waals surface area contributed by atoms with Crippen LogP contribution in [0.25, 0.3) is 0 Å². The van der Waals surface area contributed by atoms with Crippen LogP contribution in [0.3, 0.4) is 0 Å². The second-order valence-corrected chi connectivity index (χ2v) is 7.05. The Hall–Kier alpha value is -1.88. The summed E-state index contributed by atoms with van der Waals surface area (Å²) in [6.07, 6.45) is 2.82. The van der Waals surface area contributed by atoms with E-state index in [1.54, 1.807) is 19.9 Å². The predicted molar refractivity (Wildman–Crippen MR) is 90.0 cm³/mol.